The van der Waals surface area contributed by atoms with E-state index in [0.717, 1.165) is 5.56 Å². The summed E-state index contributed by atoms with van der Waals surface area (Å²) in [6.07, 6.45) is 0.373. The molecule has 0 aromatic heterocycles. The van der Waals surface area contributed by atoms with Gasteiger partial charge in [0.2, 0.25) is 10.0 Å². The third kappa shape index (κ3) is 6.61. The number of sulfonamides is 1. The number of amides is 1. The van der Waals surface area contributed by atoms with Gasteiger partial charge in [0.05, 0.1) is 24.2 Å². The molecule has 0 aliphatic carbocycles. The lowest BCUT2D eigenvalue weighted by Gasteiger charge is -2.26. The molecule has 9 nitrogen and oxygen atoms in total. The Balaban J connectivity index is 1.49. The van der Waals surface area contributed by atoms with Crippen LogP contribution >= 0.6 is 0 Å². The number of nitriles is 1. The van der Waals surface area contributed by atoms with Crippen molar-refractivity contribution < 1.29 is 27.5 Å². The Morgan fingerprint density at radius 3 is 2.36 bits per heavy atom. The second-order valence-electron chi connectivity index (χ2n) is 7.29. The van der Waals surface area contributed by atoms with Gasteiger partial charge in [0, 0.05) is 25.2 Å². The summed E-state index contributed by atoms with van der Waals surface area (Å²) in [6.45, 7) is 0.783. The van der Waals surface area contributed by atoms with Gasteiger partial charge in [-0.1, -0.05) is 30.3 Å². The van der Waals surface area contributed by atoms with Gasteiger partial charge < -0.3 is 9.47 Å². The molecule has 0 unspecified atom stereocenters. The van der Waals surface area contributed by atoms with Crippen molar-refractivity contribution in [3.05, 3.63) is 60.2 Å². The molecule has 1 amide bonds. The number of aryl methyl sites for hydroxylation is 1. The molecule has 2 aromatic rings. The molecular weight excluding hydrogens is 446 g/mol. The van der Waals surface area contributed by atoms with Crippen LogP contribution in [0.4, 0.5) is 5.69 Å². The van der Waals surface area contributed by atoms with E-state index >= 15 is 0 Å². The Morgan fingerprint density at radius 2 is 1.73 bits per heavy atom. The predicted octanol–water partition coefficient (Wildman–Crippen LogP) is 1.74. The molecule has 0 N–H and O–H groups in total. The number of nitrogens with zero attached hydrogens (tertiary/aromatic N) is 3. The summed E-state index contributed by atoms with van der Waals surface area (Å²) >= 11 is 0. The maximum atomic E-state index is 12.7. The van der Waals surface area contributed by atoms with Crippen LogP contribution in [0.2, 0.25) is 0 Å². The van der Waals surface area contributed by atoms with Crippen LogP contribution in [0.25, 0.3) is 0 Å². The van der Waals surface area contributed by atoms with Gasteiger partial charge in [-0.25, -0.2) is 8.42 Å². The lowest BCUT2D eigenvalue weighted by Crippen LogP contribution is -2.40. The summed E-state index contributed by atoms with van der Waals surface area (Å²) in [4.78, 5) is 25.9. The number of esters is 1. The van der Waals surface area contributed by atoms with E-state index < -0.39 is 28.5 Å². The third-order valence-electron chi connectivity index (χ3n) is 5.10. The highest BCUT2D eigenvalue weighted by molar-refractivity contribution is 7.89. The van der Waals surface area contributed by atoms with E-state index in [1.165, 1.54) is 21.3 Å². The molecule has 0 spiro atoms. The fraction of sp³-hybridized carbons (Fsp3) is 0.348. The van der Waals surface area contributed by atoms with Crippen molar-refractivity contribution in [1.29, 1.82) is 5.26 Å². The molecule has 0 bridgehead atoms. The van der Waals surface area contributed by atoms with Crippen molar-refractivity contribution in [2.24, 2.45) is 0 Å². The standard InChI is InChI=1S/C23H25N3O6S/c24-12-13-26(20-4-2-1-3-5-20)22(27)18-32-23(28)11-8-19-6-9-21(10-7-19)33(29,30)25-14-16-31-17-15-25/h1-7,9-10H,8,11,13-18H2. The first-order chi connectivity index (χ1) is 15.9. The number of hydrogen-bond acceptors (Lipinski definition) is 7. The lowest BCUT2D eigenvalue weighted by atomic mass is 10.1. The second-order valence-corrected chi connectivity index (χ2v) is 9.23. The van der Waals surface area contributed by atoms with Gasteiger partial charge in [-0.3, -0.25) is 14.5 Å². The molecule has 1 saturated heterocycles. The Bertz CT molecular complexity index is 1090. The summed E-state index contributed by atoms with van der Waals surface area (Å²) in [5.41, 5.74) is 1.32. The van der Waals surface area contributed by atoms with Crippen molar-refractivity contribution in [3.63, 3.8) is 0 Å². The first kappa shape index (κ1) is 24.4. The minimum absolute atomic E-state index is 0.0342. The van der Waals surface area contributed by atoms with E-state index in [4.69, 9.17) is 14.7 Å². The molecule has 2 aromatic carbocycles. The number of hydrogen-bond donors (Lipinski definition) is 0. The summed E-state index contributed by atoms with van der Waals surface area (Å²) in [5, 5.41) is 8.98. The first-order valence-electron chi connectivity index (χ1n) is 10.5. The first-order valence-corrected chi connectivity index (χ1v) is 11.9. The summed E-state index contributed by atoms with van der Waals surface area (Å²) < 4.78 is 37.0. The Hall–Kier alpha value is -3.26. The monoisotopic (exact) mass is 471 g/mol. The van der Waals surface area contributed by atoms with Crippen LogP contribution in [-0.2, 0) is 35.5 Å². The van der Waals surface area contributed by atoms with Crippen LogP contribution in [0, 0.1) is 11.3 Å². The zero-order valence-electron chi connectivity index (χ0n) is 18.1. The van der Waals surface area contributed by atoms with Crippen LogP contribution in [0.3, 0.4) is 0 Å². The van der Waals surface area contributed by atoms with E-state index in [-0.39, 0.29) is 17.9 Å². The minimum atomic E-state index is -3.57. The SMILES string of the molecule is N#CCN(C(=O)COC(=O)CCc1ccc(S(=O)(=O)N2CCOCC2)cc1)c1ccccc1. The second kappa shape index (κ2) is 11.6. The number of carbonyl (C=O) groups excluding carboxylic acids is 2. The summed E-state index contributed by atoms with van der Waals surface area (Å²) in [6, 6.07) is 17.0. The Labute approximate surface area is 193 Å². The molecule has 0 saturated carbocycles. The highest BCUT2D eigenvalue weighted by Crippen LogP contribution is 2.18. The molecule has 10 heteroatoms. The van der Waals surface area contributed by atoms with E-state index in [9.17, 15) is 18.0 Å². The molecule has 33 heavy (non-hydrogen) atoms. The molecule has 1 aliphatic heterocycles. The van der Waals surface area contributed by atoms with Gasteiger partial charge in [0.25, 0.3) is 5.91 Å². The highest BCUT2D eigenvalue weighted by atomic mass is 32.2. The molecule has 1 heterocycles. The molecule has 1 fully saturated rings. The number of rotatable bonds is 9. The summed E-state index contributed by atoms with van der Waals surface area (Å²) in [7, 11) is -3.57. The number of anilines is 1. The van der Waals surface area contributed by atoms with Crippen LogP contribution in [0.1, 0.15) is 12.0 Å². The zero-order valence-corrected chi connectivity index (χ0v) is 18.9. The predicted molar refractivity (Wildman–Crippen MR) is 120 cm³/mol. The number of carbonyl (C=O) groups is 2. The van der Waals surface area contributed by atoms with Gasteiger partial charge in [-0.15, -0.1) is 0 Å². The quantitative estimate of drug-likeness (QED) is 0.404. The van der Waals surface area contributed by atoms with Crippen LogP contribution in [0.5, 0.6) is 0 Å². The van der Waals surface area contributed by atoms with Crippen molar-refractivity contribution in [2.75, 3.05) is 44.4 Å². The van der Waals surface area contributed by atoms with Crippen LogP contribution < -0.4 is 4.90 Å². The van der Waals surface area contributed by atoms with E-state index in [1.54, 1.807) is 42.5 Å². The van der Waals surface area contributed by atoms with E-state index in [1.807, 2.05) is 6.07 Å². The van der Waals surface area contributed by atoms with Crippen LogP contribution in [-0.4, -0.2) is 64.1 Å². The van der Waals surface area contributed by atoms with Crippen molar-refractivity contribution in [3.8, 4) is 6.07 Å². The Morgan fingerprint density at radius 1 is 1.06 bits per heavy atom. The molecule has 174 valence electrons. The average Bonchev–Trinajstić information content (AvgIpc) is 2.86. The summed E-state index contributed by atoms with van der Waals surface area (Å²) in [5.74, 6) is -1.05. The molecule has 3 rings (SSSR count). The molecular formula is C23H25N3O6S. The van der Waals surface area contributed by atoms with Gasteiger partial charge in [-0.2, -0.15) is 9.57 Å². The zero-order chi connectivity index (χ0) is 23.7. The number of ether oxygens (including phenoxy) is 2. The highest BCUT2D eigenvalue weighted by Gasteiger charge is 2.26. The van der Waals surface area contributed by atoms with Gasteiger partial charge in [0.1, 0.15) is 6.54 Å². The number of morpholine rings is 1. The minimum Gasteiger partial charge on any atom is -0.456 e. The molecule has 1 aliphatic rings. The molecule has 0 atom stereocenters. The van der Waals surface area contributed by atoms with Crippen molar-refractivity contribution in [1.82, 2.24) is 4.31 Å². The fourth-order valence-corrected chi connectivity index (χ4v) is 4.71. The van der Waals surface area contributed by atoms with Gasteiger partial charge >= 0.3 is 5.97 Å². The van der Waals surface area contributed by atoms with Crippen molar-refractivity contribution >= 4 is 27.6 Å². The smallest absolute Gasteiger partial charge is 0.306 e. The lowest BCUT2D eigenvalue weighted by molar-refractivity contribution is -0.147. The number of para-hydroxylation sites is 1. The fourth-order valence-electron chi connectivity index (χ4n) is 3.30. The maximum absolute atomic E-state index is 12.7. The van der Waals surface area contributed by atoms with Gasteiger partial charge in [-0.05, 0) is 36.2 Å². The van der Waals surface area contributed by atoms with Crippen molar-refractivity contribution in [2.45, 2.75) is 17.7 Å². The normalized spacial score (nSPS) is 14.3. The van der Waals surface area contributed by atoms with Crippen LogP contribution in [0.15, 0.2) is 59.5 Å². The number of benzene rings is 2. The largest absolute Gasteiger partial charge is 0.456 e. The topological polar surface area (TPSA) is 117 Å². The maximum Gasteiger partial charge on any atom is 0.306 e. The van der Waals surface area contributed by atoms with E-state index in [2.05, 4.69) is 0 Å². The molecule has 0 radical (unpaired) electrons. The van der Waals surface area contributed by atoms with E-state index in [0.29, 0.717) is 38.4 Å². The average molecular weight is 472 g/mol. The third-order valence-corrected chi connectivity index (χ3v) is 7.02. The van der Waals surface area contributed by atoms with Gasteiger partial charge in [0.15, 0.2) is 6.61 Å². The Kier molecular flexibility index (Phi) is 8.54.